The molecule has 5 rings (SSSR count). The molecule has 2 aromatic carbocycles. The number of hydrogen-bond donors (Lipinski definition) is 0. The number of carbonyl (C=O) groups excluding carboxylic acids is 2. The molecule has 0 aromatic heterocycles. The molecule has 2 aliphatic heterocycles. The van der Waals surface area contributed by atoms with Crippen molar-refractivity contribution in [3.8, 4) is 5.75 Å². The van der Waals surface area contributed by atoms with E-state index >= 15 is 0 Å². The second-order valence-electron chi connectivity index (χ2n) is 8.69. The predicted molar refractivity (Wildman–Crippen MR) is 129 cm³/mol. The molecule has 0 spiro atoms. The van der Waals surface area contributed by atoms with Crippen molar-refractivity contribution in [2.24, 2.45) is 4.99 Å². The third-order valence-corrected chi connectivity index (χ3v) is 7.04. The number of hydrogen-bond acceptors (Lipinski definition) is 6. The second-order valence-corrected chi connectivity index (χ2v) is 9.10. The summed E-state index contributed by atoms with van der Waals surface area (Å²) in [4.78, 5) is 34.5. The molecule has 1 amide bonds. The van der Waals surface area contributed by atoms with Crippen LogP contribution < -0.4 is 4.74 Å². The lowest BCUT2D eigenvalue weighted by atomic mass is 9.86. The van der Waals surface area contributed by atoms with Crippen LogP contribution in [-0.2, 0) is 9.53 Å². The highest BCUT2D eigenvalue weighted by Gasteiger charge is 2.40. The zero-order valence-corrected chi connectivity index (χ0v) is 19.7. The highest BCUT2D eigenvalue weighted by Crippen LogP contribution is 2.33. The van der Waals surface area contributed by atoms with E-state index in [1.807, 2.05) is 35.2 Å². The summed E-state index contributed by atoms with van der Waals surface area (Å²) in [6.45, 7) is 1.16. The van der Waals surface area contributed by atoms with Crippen LogP contribution >= 0.6 is 11.6 Å². The number of benzene rings is 2. The third kappa shape index (κ3) is 4.28. The van der Waals surface area contributed by atoms with Gasteiger partial charge < -0.3 is 19.3 Å². The van der Waals surface area contributed by atoms with E-state index in [9.17, 15) is 9.59 Å². The van der Waals surface area contributed by atoms with E-state index in [2.05, 4.69) is 9.89 Å². The minimum absolute atomic E-state index is 0.0339. The van der Waals surface area contributed by atoms with Crippen LogP contribution in [-0.4, -0.2) is 59.9 Å². The molecule has 0 N–H and O–H groups in total. The Morgan fingerprint density at radius 1 is 1.12 bits per heavy atom. The summed E-state index contributed by atoms with van der Waals surface area (Å²) in [6.07, 6.45) is 5.82. The molecule has 2 unspecified atom stereocenters. The monoisotopic (exact) mass is 479 g/mol. The van der Waals surface area contributed by atoms with Crippen LogP contribution in [0.4, 0.5) is 0 Å². The fraction of sp³-hybridized carbons (Fsp3) is 0.346. The van der Waals surface area contributed by atoms with Gasteiger partial charge in [-0.25, -0.2) is 9.79 Å². The standard InChI is InChI=1S/C26H26ClN3O4/c1-33-18-8-6-7-17(15-18)24-28-21(26(32)34-24)16-29-13-14-30(23-12-5-4-11-22(23)29)25(31)19-9-2-3-10-20(19)27/h2-3,6-10,15-16,22-23H,4-5,11-14H2,1H3. The Labute approximate surface area is 203 Å². The number of piperazine rings is 1. The zero-order valence-electron chi connectivity index (χ0n) is 18.9. The Hall–Kier alpha value is -3.32. The van der Waals surface area contributed by atoms with E-state index in [4.69, 9.17) is 21.1 Å². The van der Waals surface area contributed by atoms with Gasteiger partial charge in [-0.05, 0) is 43.2 Å². The molecule has 0 bridgehead atoms. The number of carbonyl (C=O) groups is 2. The van der Waals surface area contributed by atoms with Crippen LogP contribution in [0, 0.1) is 0 Å². The van der Waals surface area contributed by atoms with Crippen LogP contribution in [0.25, 0.3) is 0 Å². The number of esters is 1. The van der Waals surface area contributed by atoms with Crippen molar-refractivity contribution >= 4 is 29.4 Å². The molecule has 2 aromatic rings. The maximum Gasteiger partial charge on any atom is 0.365 e. The smallest absolute Gasteiger partial charge is 0.365 e. The Kier molecular flexibility index (Phi) is 6.28. The number of amides is 1. The number of ether oxygens (including phenoxy) is 2. The number of halogens is 1. The highest BCUT2D eigenvalue weighted by molar-refractivity contribution is 6.33. The molecule has 176 valence electrons. The lowest BCUT2D eigenvalue weighted by Gasteiger charge is -2.49. The van der Waals surface area contributed by atoms with Crippen LogP contribution in [0.2, 0.25) is 5.02 Å². The molecule has 7 nitrogen and oxygen atoms in total. The fourth-order valence-electron chi connectivity index (χ4n) is 5.03. The molecule has 8 heteroatoms. The summed E-state index contributed by atoms with van der Waals surface area (Å²) >= 11 is 6.31. The van der Waals surface area contributed by atoms with Crippen molar-refractivity contribution < 1.29 is 19.1 Å². The van der Waals surface area contributed by atoms with E-state index in [1.165, 1.54) is 0 Å². The van der Waals surface area contributed by atoms with Crippen LogP contribution in [0.5, 0.6) is 5.75 Å². The largest absolute Gasteiger partial charge is 0.497 e. The first-order valence-electron chi connectivity index (χ1n) is 11.5. The summed E-state index contributed by atoms with van der Waals surface area (Å²) in [6, 6.07) is 14.6. The summed E-state index contributed by atoms with van der Waals surface area (Å²) in [5.41, 5.74) is 1.49. The lowest BCUT2D eigenvalue weighted by Crippen LogP contribution is -2.60. The van der Waals surface area contributed by atoms with Crippen molar-refractivity contribution in [1.82, 2.24) is 9.80 Å². The van der Waals surface area contributed by atoms with Crippen molar-refractivity contribution in [2.75, 3.05) is 20.2 Å². The van der Waals surface area contributed by atoms with E-state index in [0.717, 1.165) is 25.7 Å². The highest BCUT2D eigenvalue weighted by atomic mass is 35.5. The molecule has 1 saturated carbocycles. The zero-order chi connectivity index (χ0) is 23.7. The van der Waals surface area contributed by atoms with E-state index in [-0.39, 0.29) is 29.6 Å². The molecule has 34 heavy (non-hydrogen) atoms. The summed E-state index contributed by atoms with van der Waals surface area (Å²) in [5, 5.41) is 0.470. The van der Waals surface area contributed by atoms with Crippen LogP contribution in [0.15, 0.2) is 65.4 Å². The minimum Gasteiger partial charge on any atom is -0.497 e. The van der Waals surface area contributed by atoms with Crippen molar-refractivity contribution in [3.05, 3.63) is 76.6 Å². The lowest BCUT2D eigenvalue weighted by molar-refractivity contribution is -0.130. The Morgan fingerprint density at radius 2 is 1.91 bits per heavy atom. The average molecular weight is 480 g/mol. The summed E-state index contributed by atoms with van der Waals surface area (Å²) in [5.74, 6) is 0.425. The Bertz CT molecular complexity index is 1180. The fourth-order valence-corrected chi connectivity index (χ4v) is 5.25. The molecule has 1 saturated heterocycles. The number of cyclic esters (lactones) is 1. The molecule has 2 fully saturated rings. The minimum atomic E-state index is -0.472. The first-order valence-corrected chi connectivity index (χ1v) is 11.9. The topological polar surface area (TPSA) is 71.4 Å². The number of rotatable bonds is 4. The first kappa shape index (κ1) is 22.5. The van der Waals surface area contributed by atoms with Gasteiger partial charge in [0.1, 0.15) is 5.75 Å². The Balaban J connectivity index is 1.39. The molecule has 2 atom stereocenters. The van der Waals surface area contributed by atoms with Crippen LogP contribution in [0.3, 0.4) is 0 Å². The molecule has 3 aliphatic rings. The number of aliphatic imine (C=N–C) groups is 1. The van der Waals surface area contributed by atoms with Gasteiger partial charge >= 0.3 is 5.97 Å². The molecule has 2 heterocycles. The first-order chi connectivity index (χ1) is 16.5. The average Bonchev–Trinajstić information content (AvgIpc) is 3.24. The van der Waals surface area contributed by atoms with Gasteiger partial charge in [0, 0.05) is 30.9 Å². The van der Waals surface area contributed by atoms with Crippen LogP contribution in [0.1, 0.15) is 41.6 Å². The maximum atomic E-state index is 13.3. The SMILES string of the molecule is COc1cccc(C2=NC(=CN3CCN(C(=O)c4ccccc4Cl)C4CCCCC43)C(=O)O2)c1. The molecular weight excluding hydrogens is 454 g/mol. The third-order valence-electron chi connectivity index (χ3n) is 6.71. The quantitative estimate of drug-likeness (QED) is 0.484. The number of methoxy groups -OCH3 is 1. The van der Waals surface area contributed by atoms with Gasteiger partial charge in [-0.3, -0.25) is 4.79 Å². The van der Waals surface area contributed by atoms with Gasteiger partial charge in [-0.1, -0.05) is 42.6 Å². The summed E-state index contributed by atoms with van der Waals surface area (Å²) in [7, 11) is 1.59. The van der Waals surface area contributed by atoms with Gasteiger partial charge in [0.2, 0.25) is 5.90 Å². The van der Waals surface area contributed by atoms with Gasteiger partial charge in [0.25, 0.3) is 5.91 Å². The van der Waals surface area contributed by atoms with Gasteiger partial charge in [0.15, 0.2) is 5.70 Å². The predicted octanol–water partition coefficient (Wildman–Crippen LogP) is 4.26. The van der Waals surface area contributed by atoms with Crippen molar-refractivity contribution in [2.45, 2.75) is 37.8 Å². The molecular formula is C26H26ClN3O4. The number of fused-ring (bicyclic) bond motifs is 1. The van der Waals surface area contributed by atoms with E-state index in [1.54, 1.807) is 31.5 Å². The molecule has 1 aliphatic carbocycles. The van der Waals surface area contributed by atoms with Gasteiger partial charge in [0.05, 0.1) is 23.7 Å². The second kappa shape index (κ2) is 9.50. The van der Waals surface area contributed by atoms with E-state index in [0.29, 0.717) is 35.0 Å². The Morgan fingerprint density at radius 3 is 2.71 bits per heavy atom. The van der Waals surface area contributed by atoms with Crippen molar-refractivity contribution in [1.29, 1.82) is 0 Å². The number of nitrogens with zero attached hydrogens (tertiary/aromatic N) is 3. The molecule has 0 radical (unpaired) electrons. The summed E-state index contributed by atoms with van der Waals surface area (Å²) < 4.78 is 10.7. The normalized spacial score (nSPS) is 23.4. The van der Waals surface area contributed by atoms with Gasteiger partial charge in [-0.2, -0.15) is 0 Å². The van der Waals surface area contributed by atoms with Crippen molar-refractivity contribution in [3.63, 3.8) is 0 Å². The van der Waals surface area contributed by atoms with Gasteiger partial charge in [-0.15, -0.1) is 0 Å². The van der Waals surface area contributed by atoms with E-state index < -0.39 is 5.97 Å². The maximum absolute atomic E-state index is 13.3.